The molecule has 6 aromatic carbocycles. The lowest BCUT2D eigenvalue weighted by atomic mass is 9.65. The van der Waals surface area contributed by atoms with E-state index in [2.05, 4.69) is 27.4 Å². The third-order valence-corrected chi connectivity index (χ3v) is 12.8. The van der Waals surface area contributed by atoms with Crippen molar-refractivity contribution in [2.75, 3.05) is 48.9 Å². The highest BCUT2D eigenvalue weighted by atomic mass is 16.6. The number of amides is 2. The number of esters is 1. The van der Waals surface area contributed by atoms with Crippen molar-refractivity contribution in [2.24, 2.45) is 5.92 Å². The predicted octanol–water partition coefficient (Wildman–Crippen LogP) is 7.55. The number of nitrogens with one attached hydrogen (secondary N) is 2. The van der Waals surface area contributed by atoms with Gasteiger partial charge in [0.1, 0.15) is 29.1 Å². The van der Waals surface area contributed by atoms with Gasteiger partial charge < -0.3 is 34.9 Å². The number of nitrogens with zero attached hydrogens (tertiary/aromatic N) is 2. The average molecular weight is 837 g/mol. The summed E-state index contributed by atoms with van der Waals surface area (Å²) >= 11 is 0. The molecule has 3 saturated heterocycles. The number of anilines is 3. The number of benzene rings is 6. The van der Waals surface area contributed by atoms with Crippen LogP contribution in [0.25, 0.3) is 0 Å². The summed E-state index contributed by atoms with van der Waals surface area (Å²) in [5.74, 6) is 4.34. The van der Waals surface area contributed by atoms with Gasteiger partial charge in [0.25, 0.3) is 0 Å². The maximum atomic E-state index is 15.6. The molecule has 0 aromatic heterocycles. The lowest BCUT2D eigenvalue weighted by Gasteiger charge is -2.46. The summed E-state index contributed by atoms with van der Waals surface area (Å²) in [6, 6.07) is 43.6. The van der Waals surface area contributed by atoms with Crippen LogP contribution >= 0.6 is 0 Å². The molecular formula is C52H44N4O7. The summed E-state index contributed by atoms with van der Waals surface area (Å²) in [5.41, 5.74) is 4.42. The van der Waals surface area contributed by atoms with Gasteiger partial charge in [0.15, 0.2) is 0 Å². The van der Waals surface area contributed by atoms with Crippen LogP contribution in [0.15, 0.2) is 152 Å². The highest BCUT2D eigenvalue weighted by molar-refractivity contribution is 6.13. The average Bonchev–Trinajstić information content (AvgIpc) is 3.81. The van der Waals surface area contributed by atoms with E-state index in [1.165, 1.54) is 0 Å². The molecule has 0 bridgehead atoms. The Kier molecular flexibility index (Phi) is 10.4. The summed E-state index contributed by atoms with van der Waals surface area (Å²) in [7, 11) is 1.61. The monoisotopic (exact) mass is 836 g/mol. The maximum Gasteiger partial charge on any atom is 0.324 e. The molecule has 3 N–H and O–H groups in total. The molecule has 0 saturated carbocycles. The van der Waals surface area contributed by atoms with Gasteiger partial charge in [0.05, 0.1) is 38.3 Å². The molecule has 6 atom stereocenters. The predicted molar refractivity (Wildman–Crippen MR) is 238 cm³/mol. The molecule has 10 rings (SSSR count). The Morgan fingerprint density at radius 3 is 2.10 bits per heavy atom. The standard InChI is InChI=1S/C52H44N4O7/c1-61-41-25-14-33(15-26-41)12-13-34-16-27-43-42(32-34)52(51(60)54-43)44(49(58)53-38-19-21-39(22-20-38)55-28-30-62-31-29-55)46-50(59)63-47(36-10-6-3-7-11-36)45(35-8-4-2-5-9-35)56(46)48(52)37-17-23-40(57)24-18-37/h2-11,14-27,32,44-48,57H,28-31H2,1H3,(H,53,58)(H,54,60). The van der Waals surface area contributed by atoms with Gasteiger partial charge in [-0.1, -0.05) is 84.6 Å². The number of hydrogen-bond donors (Lipinski definition) is 3. The highest BCUT2D eigenvalue weighted by Crippen LogP contribution is 2.65. The second-order valence-electron chi connectivity index (χ2n) is 16.2. The van der Waals surface area contributed by atoms with Crippen molar-refractivity contribution in [1.29, 1.82) is 0 Å². The Morgan fingerprint density at radius 1 is 0.762 bits per heavy atom. The van der Waals surface area contributed by atoms with E-state index in [9.17, 15) is 5.11 Å². The Hall–Kier alpha value is -7.39. The van der Waals surface area contributed by atoms with E-state index in [0.717, 1.165) is 35.5 Å². The van der Waals surface area contributed by atoms with Crippen LogP contribution in [-0.4, -0.2) is 67.2 Å². The molecule has 11 nitrogen and oxygen atoms in total. The number of phenols is 1. The van der Waals surface area contributed by atoms with E-state index in [0.29, 0.717) is 47.0 Å². The summed E-state index contributed by atoms with van der Waals surface area (Å²) in [6.45, 7) is 2.77. The number of fused-ring (bicyclic) bond motifs is 3. The number of aromatic hydroxyl groups is 1. The molecule has 11 heteroatoms. The zero-order chi connectivity index (χ0) is 43.1. The van der Waals surface area contributed by atoms with E-state index in [-0.39, 0.29) is 5.75 Å². The minimum absolute atomic E-state index is 0.0318. The Balaban J connectivity index is 1.18. The molecule has 4 aliphatic rings. The van der Waals surface area contributed by atoms with Gasteiger partial charge in [-0.15, -0.1) is 0 Å². The molecule has 0 aliphatic carbocycles. The molecule has 6 unspecified atom stereocenters. The Bertz CT molecular complexity index is 2730. The smallest absolute Gasteiger partial charge is 0.324 e. The summed E-state index contributed by atoms with van der Waals surface area (Å²) < 4.78 is 17.4. The van der Waals surface area contributed by atoms with Crippen LogP contribution < -0.4 is 20.3 Å². The van der Waals surface area contributed by atoms with Crippen molar-refractivity contribution in [3.05, 3.63) is 185 Å². The quantitative estimate of drug-likeness (QED) is 0.110. The lowest BCUT2D eigenvalue weighted by Crippen LogP contribution is -2.53. The molecule has 6 aromatic rings. The highest BCUT2D eigenvalue weighted by Gasteiger charge is 2.74. The van der Waals surface area contributed by atoms with Crippen LogP contribution in [0, 0.1) is 17.8 Å². The molecule has 1 spiro atoms. The number of methoxy groups -OCH3 is 1. The zero-order valence-electron chi connectivity index (χ0n) is 34.4. The fourth-order valence-corrected chi connectivity index (χ4v) is 9.94. The van der Waals surface area contributed by atoms with E-state index >= 15 is 14.4 Å². The summed E-state index contributed by atoms with van der Waals surface area (Å²) in [6.07, 6.45) is -0.811. The van der Waals surface area contributed by atoms with Gasteiger partial charge >= 0.3 is 5.97 Å². The van der Waals surface area contributed by atoms with E-state index < -0.39 is 53.3 Å². The van der Waals surface area contributed by atoms with Crippen LogP contribution in [0.5, 0.6) is 11.5 Å². The minimum Gasteiger partial charge on any atom is -0.508 e. The Labute approximate surface area is 365 Å². The third-order valence-electron chi connectivity index (χ3n) is 12.8. The van der Waals surface area contributed by atoms with E-state index in [4.69, 9.17) is 14.2 Å². The number of morpholine rings is 2. The number of hydrogen-bond acceptors (Lipinski definition) is 9. The SMILES string of the molecule is COc1ccc(C#Cc2ccc3c(c2)C2(C(=O)N3)C(C(=O)Nc3ccc(N4CCOCC4)cc3)C3C(=O)OC(c4ccccc4)C(c4ccccc4)N3C2c2ccc(O)cc2)cc1. The van der Waals surface area contributed by atoms with Crippen LogP contribution in [0.1, 0.15) is 51.6 Å². The number of carbonyl (C=O) groups is 3. The molecular weight excluding hydrogens is 793 g/mol. The van der Waals surface area contributed by atoms with E-state index in [1.807, 2.05) is 132 Å². The number of rotatable bonds is 7. The van der Waals surface area contributed by atoms with Crippen LogP contribution in [0.2, 0.25) is 0 Å². The summed E-state index contributed by atoms with van der Waals surface area (Å²) in [4.78, 5) is 50.4. The topological polar surface area (TPSA) is 130 Å². The summed E-state index contributed by atoms with van der Waals surface area (Å²) in [5, 5.41) is 16.9. The van der Waals surface area contributed by atoms with Crippen molar-refractivity contribution in [3.63, 3.8) is 0 Å². The first-order valence-electron chi connectivity index (χ1n) is 21.1. The number of ether oxygens (including phenoxy) is 3. The van der Waals surface area contributed by atoms with E-state index in [1.54, 1.807) is 31.4 Å². The van der Waals surface area contributed by atoms with Crippen LogP contribution in [0.3, 0.4) is 0 Å². The molecule has 4 aliphatic heterocycles. The molecule has 2 amide bonds. The van der Waals surface area contributed by atoms with Crippen molar-refractivity contribution in [1.82, 2.24) is 4.90 Å². The third kappa shape index (κ3) is 7.03. The molecule has 314 valence electrons. The largest absolute Gasteiger partial charge is 0.508 e. The number of phenolic OH excluding ortho intramolecular Hbond substituents is 1. The first-order valence-corrected chi connectivity index (χ1v) is 21.1. The Morgan fingerprint density at radius 2 is 1.41 bits per heavy atom. The molecule has 0 radical (unpaired) electrons. The van der Waals surface area contributed by atoms with Crippen LogP contribution in [-0.2, 0) is 29.3 Å². The van der Waals surface area contributed by atoms with Gasteiger partial charge in [-0.2, -0.15) is 0 Å². The van der Waals surface area contributed by atoms with Gasteiger partial charge in [-0.05, 0) is 101 Å². The van der Waals surface area contributed by atoms with Crippen molar-refractivity contribution in [3.8, 4) is 23.3 Å². The second kappa shape index (κ2) is 16.5. The number of cyclic esters (lactones) is 1. The first-order chi connectivity index (χ1) is 30.8. The van der Waals surface area contributed by atoms with Crippen LogP contribution in [0.4, 0.5) is 17.1 Å². The fourth-order valence-electron chi connectivity index (χ4n) is 9.94. The van der Waals surface area contributed by atoms with Gasteiger partial charge in [0, 0.05) is 41.3 Å². The van der Waals surface area contributed by atoms with Crippen molar-refractivity contribution in [2.45, 2.75) is 29.6 Å². The molecule has 63 heavy (non-hydrogen) atoms. The first kappa shape index (κ1) is 39.7. The molecule has 4 heterocycles. The normalized spacial score (nSPS) is 23.8. The van der Waals surface area contributed by atoms with Crippen molar-refractivity contribution < 1.29 is 33.7 Å². The molecule has 3 fully saturated rings. The second-order valence-corrected chi connectivity index (χ2v) is 16.2. The number of carbonyl (C=O) groups excluding carboxylic acids is 3. The fraction of sp³-hybridized carbons (Fsp3) is 0.212. The van der Waals surface area contributed by atoms with Gasteiger partial charge in [-0.25, -0.2) is 0 Å². The zero-order valence-corrected chi connectivity index (χ0v) is 34.4. The van der Waals surface area contributed by atoms with Crippen molar-refractivity contribution >= 4 is 34.8 Å². The maximum absolute atomic E-state index is 15.6. The minimum atomic E-state index is -1.72. The van der Waals surface area contributed by atoms with Gasteiger partial charge in [-0.3, -0.25) is 19.3 Å². The lowest BCUT2D eigenvalue weighted by molar-refractivity contribution is -0.177. The van der Waals surface area contributed by atoms with Gasteiger partial charge in [0.2, 0.25) is 11.8 Å².